The maximum absolute atomic E-state index is 13.3. The SMILES string of the molecule is CC(C)(CNC(=O)Cc1ccc2c(c1)CN(Cc1ccccc1)CC(=O)NCCCCCO2)c1ccc(F)cc1. The Bertz CT molecular complexity index is 1260. The lowest BCUT2D eigenvalue weighted by Crippen LogP contribution is -2.37. The first-order valence-corrected chi connectivity index (χ1v) is 14.1. The molecule has 2 amide bonds. The van der Waals surface area contributed by atoms with E-state index in [2.05, 4.69) is 27.7 Å². The molecular formula is C33H40FN3O3. The Morgan fingerprint density at radius 2 is 1.75 bits per heavy atom. The van der Waals surface area contributed by atoms with Gasteiger partial charge in [0.25, 0.3) is 0 Å². The number of carbonyl (C=O) groups excluding carboxylic acids is 2. The Hall–Kier alpha value is -3.71. The van der Waals surface area contributed by atoms with Gasteiger partial charge in [-0.15, -0.1) is 0 Å². The van der Waals surface area contributed by atoms with Gasteiger partial charge in [0.15, 0.2) is 0 Å². The molecule has 0 atom stereocenters. The van der Waals surface area contributed by atoms with E-state index in [0.717, 1.165) is 47.3 Å². The molecule has 7 heteroatoms. The van der Waals surface area contributed by atoms with Crippen molar-refractivity contribution in [2.24, 2.45) is 0 Å². The average molecular weight is 546 g/mol. The minimum atomic E-state index is -0.339. The van der Waals surface area contributed by atoms with Gasteiger partial charge in [0.2, 0.25) is 11.8 Å². The van der Waals surface area contributed by atoms with Crippen LogP contribution in [0.5, 0.6) is 5.75 Å². The van der Waals surface area contributed by atoms with Gasteiger partial charge in [-0.25, -0.2) is 4.39 Å². The fourth-order valence-electron chi connectivity index (χ4n) is 4.90. The Kier molecular flexibility index (Phi) is 10.3. The molecule has 0 aliphatic carbocycles. The topological polar surface area (TPSA) is 70.7 Å². The number of hydrogen-bond donors (Lipinski definition) is 2. The lowest BCUT2D eigenvalue weighted by atomic mass is 9.84. The highest BCUT2D eigenvalue weighted by Gasteiger charge is 2.22. The van der Waals surface area contributed by atoms with Crippen LogP contribution in [0.25, 0.3) is 0 Å². The van der Waals surface area contributed by atoms with Crippen LogP contribution in [-0.4, -0.2) is 43.0 Å². The van der Waals surface area contributed by atoms with E-state index in [1.165, 1.54) is 12.1 Å². The molecule has 0 fully saturated rings. The number of nitrogens with zero attached hydrogens (tertiary/aromatic N) is 1. The van der Waals surface area contributed by atoms with Crippen molar-refractivity contribution in [1.29, 1.82) is 0 Å². The van der Waals surface area contributed by atoms with Crippen molar-refractivity contribution in [1.82, 2.24) is 15.5 Å². The molecule has 0 radical (unpaired) electrons. The van der Waals surface area contributed by atoms with Crippen LogP contribution in [0.3, 0.4) is 0 Å². The summed E-state index contributed by atoms with van der Waals surface area (Å²) in [6.45, 7) is 7.18. The predicted octanol–water partition coefficient (Wildman–Crippen LogP) is 5.14. The Labute approximate surface area is 236 Å². The fraction of sp³-hybridized carbons (Fsp3) is 0.394. The van der Waals surface area contributed by atoms with Crippen LogP contribution in [0.1, 0.15) is 55.4 Å². The first kappa shape index (κ1) is 29.3. The molecule has 0 spiro atoms. The Morgan fingerprint density at radius 3 is 2.52 bits per heavy atom. The molecule has 0 saturated carbocycles. The van der Waals surface area contributed by atoms with Gasteiger partial charge in [0.05, 0.1) is 19.6 Å². The number of halogens is 1. The van der Waals surface area contributed by atoms with E-state index in [0.29, 0.717) is 32.8 Å². The van der Waals surface area contributed by atoms with Gasteiger partial charge in [-0.1, -0.05) is 68.4 Å². The van der Waals surface area contributed by atoms with Crippen LogP contribution in [0, 0.1) is 5.82 Å². The van der Waals surface area contributed by atoms with Crippen LogP contribution >= 0.6 is 0 Å². The number of carbonyl (C=O) groups is 2. The Balaban J connectivity index is 1.48. The maximum atomic E-state index is 13.3. The highest BCUT2D eigenvalue weighted by atomic mass is 19.1. The van der Waals surface area contributed by atoms with E-state index in [4.69, 9.17) is 4.74 Å². The number of amides is 2. The number of hydrogen-bond acceptors (Lipinski definition) is 4. The number of fused-ring (bicyclic) bond motifs is 1. The second-order valence-corrected chi connectivity index (χ2v) is 11.2. The number of benzene rings is 3. The zero-order chi connectivity index (χ0) is 28.4. The quantitative estimate of drug-likeness (QED) is 0.431. The van der Waals surface area contributed by atoms with Crippen LogP contribution in [0.2, 0.25) is 0 Å². The molecule has 4 rings (SSSR count). The van der Waals surface area contributed by atoms with Crippen molar-refractivity contribution in [3.63, 3.8) is 0 Å². The van der Waals surface area contributed by atoms with Crippen molar-refractivity contribution in [2.45, 2.75) is 58.0 Å². The van der Waals surface area contributed by atoms with E-state index in [-0.39, 0.29) is 36.0 Å². The van der Waals surface area contributed by atoms with Gasteiger partial charge in [-0.3, -0.25) is 14.5 Å². The van der Waals surface area contributed by atoms with Crippen molar-refractivity contribution < 1.29 is 18.7 Å². The first-order valence-electron chi connectivity index (χ1n) is 14.1. The zero-order valence-corrected chi connectivity index (χ0v) is 23.5. The third kappa shape index (κ3) is 8.91. The summed E-state index contributed by atoms with van der Waals surface area (Å²) in [7, 11) is 0. The van der Waals surface area contributed by atoms with Crippen LogP contribution in [0.15, 0.2) is 72.8 Å². The summed E-state index contributed by atoms with van der Waals surface area (Å²) < 4.78 is 19.5. The van der Waals surface area contributed by atoms with E-state index in [1.807, 2.05) is 50.2 Å². The van der Waals surface area contributed by atoms with Gasteiger partial charge in [0, 0.05) is 37.2 Å². The van der Waals surface area contributed by atoms with E-state index >= 15 is 0 Å². The van der Waals surface area contributed by atoms with E-state index < -0.39 is 0 Å². The first-order chi connectivity index (χ1) is 19.3. The summed E-state index contributed by atoms with van der Waals surface area (Å²) in [6, 6.07) is 22.4. The average Bonchev–Trinajstić information content (AvgIpc) is 2.94. The molecule has 212 valence electrons. The molecule has 1 aliphatic heterocycles. The van der Waals surface area contributed by atoms with Crippen molar-refractivity contribution >= 4 is 11.8 Å². The van der Waals surface area contributed by atoms with Crippen molar-refractivity contribution in [2.75, 3.05) is 26.2 Å². The molecular weight excluding hydrogens is 505 g/mol. The zero-order valence-electron chi connectivity index (χ0n) is 23.5. The maximum Gasteiger partial charge on any atom is 0.234 e. The van der Waals surface area contributed by atoms with Gasteiger partial charge < -0.3 is 15.4 Å². The highest BCUT2D eigenvalue weighted by Crippen LogP contribution is 2.25. The molecule has 0 bridgehead atoms. The van der Waals surface area contributed by atoms with Gasteiger partial charge in [0.1, 0.15) is 11.6 Å². The van der Waals surface area contributed by atoms with Crippen LogP contribution in [-0.2, 0) is 34.5 Å². The summed E-state index contributed by atoms with van der Waals surface area (Å²) in [5.41, 5.74) is 3.59. The van der Waals surface area contributed by atoms with Gasteiger partial charge in [-0.05, 0) is 54.2 Å². The summed E-state index contributed by atoms with van der Waals surface area (Å²) in [5.74, 6) is 0.444. The summed E-state index contributed by atoms with van der Waals surface area (Å²) >= 11 is 0. The lowest BCUT2D eigenvalue weighted by molar-refractivity contribution is -0.122. The van der Waals surface area contributed by atoms with Gasteiger partial charge in [-0.2, -0.15) is 0 Å². The second kappa shape index (κ2) is 14.1. The molecule has 1 aliphatic rings. The number of nitrogens with one attached hydrogen (secondary N) is 2. The molecule has 0 aromatic heterocycles. The van der Waals surface area contributed by atoms with Crippen LogP contribution < -0.4 is 15.4 Å². The standard InChI is InChI=1S/C33H40FN3O3/c1-33(2,28-12-14-29(34)15-13-28)24-36-31(38)20-26-11-16-30-27(19-26)22-37(21-25-9-5-3-6-10-25)23-32(39)35-17-7-4-8-18-40-30/h3,5-6,9-16,19H,4,7-8,17-18,20-24H2,1-2H3,(H,35,39)(H,36,38). The monoisotopic (exact) mass is 545 g/mol. The molecule has 0 saturated heterocycles. The molecule has 3 aromatic carbocycles. The predicted molar refractivity (Wildman–Crippen MR) is 155 cm³/mol. The van der Waals surface area contributed by atoms with Crippen LogP contribution in [0.4, 0.5) is 4.39 Å². The fourth-order valence-corrected chi connectivity index (χ4v) is 4.90. The number of rotatable bonds is 7. The van der Waals surface area contributed by atoms with Gasteiger partial charge >= 0.3 is 0 Å². The van der Waals surface area contributed by atoms with Crippen molar-refractivity contribution in [3.05, 3.63) is 101 Å². The minimum Gasteiger partial charge on any atom is -0.493 e. The molecule has 2 N–H and O–H groups in total. The number of ether oxygens (including phenoxy) is 1. The van der Waals surface area contributed by atoms with Crippen molar-refractivity contribution in [3.8, 4) is 5.75 Å². The molecule has 3 aromatic rings. The summed E-state index contributed by atoms with van der Waals surface area (Å²) in [5, 5.41) is 6.09. The third-order valence-corrected chi connectivity index (χ3v) is 7.25. The Morgan fingerprint density at radius 1 is 0.975 bits per heavy atom. The molecule has 0 unspecified atom stereocenters. The summed E-state index contributed by atoms with van der Waals surface area (Å²) in [4.78, 5) is 27.8. The molecule has 1 heterocycles. The minimum absolute atomic E-state index is 0.0111. The molecule has 40 heavy (non-hydrogen) atoms. The largest absolute Gasteiger partial charge is 0.493 e. The van der Waals surface area contributed by atoms with E-state index in [9.17, 15) is 14.0 Å². The van der Waals surface area contributed by atoms with E-state index in [1.54, 1.807) is 12.1 Å². The summed E-state index contributed by atoms with van der Waals surface area (Å²) in [6.07, 6.45) is 3.05. The normalized spacial score (nSPS) is 15.4. The second-order valence-electron chi connectivity index (χ2n) is 11.2. The lowest BCUT2D eigenvalue weighted by Gasteiger charge is -2.26. The highest BCUT2D eigenvalue weighted by molar-refractivity contribution is 5.79. The third-order valence-electron chi connectivity index (χ3n) is 7.25. The molecule has 6 nitrogen and oxygen atoms in total. The smallest absolute Gasteiger partial charge is 0.234 e.